The van der Waals surface area contributed by atoms with E-state index in [1.54, 1.807) is 25.1 Å². The Labute approximate surface area is 116 Å². The minimum Gasteiger partial charge on any atom is -0.493 e. The van der Waals surface area contributed by atoms with Gasteiger partial charge < -0.3 is 14.2 Å². The van der Waals surface area contributed by atoms with Crippen LogP contribution in [0.1, 0.15) is 12.5 Å². The molecular formula is C13H15N3O4. The van der Waals surface area contributed by atoms with Crippen molar-refractivity contribution >= 4 is 12.3 Å². The molecule has 0 atom stereocenters. The monoisotopic (exact) mass is 277 g/mol. The summed E-state index contributed by atoms with van der Waals surface area (Å²) in [7, 11) is 1.49. The van der Waals surface area contributed by atoms with Crippen molar-refractivity contribution in [1.82, 2.24) is 5.43 Å². The molecule has 1 N–H and O–H groups in total. The summed E-state index contributed by atoms with van der Waals surface area (Å²) in [5, 5.41) is 12.2. The molecule has 1 amide bonds. The number of nitrogens with zero attached hydrogens (tertiary/aromatic N) is 2. The van der Waals surface area contributed by atoms with Gasteiger partial charge in [0.25, 0.3) is 0 Å². The van der Waals surface area contributed by atoms with Gasteiger partial charge in [-0.25, -0.2) is 10.2 Å². The predicted octanol–water partition coefficient (Wildman–Crippen LogP) is 1.68. The molecule has 0 spiro atoms. The normalized spacial score (nSPS) is 9.85. The number of carbonyl (C=O) groups excluding carboxylic acids is 1. The molecule has 0 aliphatic carbocycles. The third kappa shape index (κ3) is 4.86. The van der Waals surface area contributed by atoms with Crippen LogP contribution in [-0.4, -0.2) is 32.6 Å². The van der Waals surface area contributed by atoms with Gasteiger partial charge in [0.1, 0.15) is 6.07 Å². The minimum absolute atomic E-state index is 0.0613. The van der Waals surface area contributed by atoms with Gasteiger partial charge in [-0.15, -0.1) is 0 Å². The van der Waals surface area contributed by atoms with Crippen LogP contribution in [0.15, 0.2) is 23.3 Å². The lowest BCUT2D eigenvalue weighted by Gasteiger charge is -2.08. The lowest BCUT2D eigenvalue weighted by Crippen LogP contribution is -2.18. The second-order valence-electron chi connectivity index (χ2n) is 3.45. The van der Waals surface area contributed by atoms with E-state index in [2.05, 4.69) is 15.3 Å². The first-order chi connectivity index (χ1) is 9.71. The molecule has 0 aromatic heterocycles. The minimum atomic E-state index is -0.621. The largest absolute Gasteiger partial charge is 0.493 e. The van der Waals surface area contributed by atoms with E-state index in [-0.39, 0.29) is 13.2 Å². The molecule has 106 valence electrons. The molecule has 1 aromatic carbocycles. The van der Waals surface area contributed by atoms with E-state index < -0.39 is 6.09 Å². The summed E-state index contributed by atoms with van der Waals surface area (Å²) in [5.41, 5.74) is 2.91. The van der Waals surface area contributed by atoms with Gasteiger partial charge in [0.05, 0.1) is 19.9 Å². The third-order valence-corrected chi connectivity index (χ3v) is 2.12. The molecule has 0 aliphatic rings. The maximum atomic E-state index is 11.0. The molecule has 20 heavy (non-hydrogen) atoms. The van der Waals surface area contributed by atoms with Crippen LogP contribution in [0.4, 0.5) is 4.79 Å². The van der Waals surface area contributed by atoms with E-state index in [4.69, 9.17) is 14.7 Å². The highest BCUT2D eigenvalue weighted by atomic mass is 16.5. The summed E-state index contributed by atoms with van der Waals surface area (Å²) in [5.74, 6) is 0.935. The second-order valence-corrected chi connectivity index (χ2v) is 3.45. The first-order valence-electron chi connectivity index (χ1n) is 5.84. The molecule has 0 unspecified atom stereocenters. The van der Waals surface area contributed by atoms with Crippen molar-refractivity contribution in [3.63, 3.8) is 0 Å². The van der Waals surface area contributed by atoms with Crippen LogP contribution in [-0.2, 0) is 4.74 Å². The van der Waals surface area contributed by atoms with Crippen LogP contribution >= 0.6 is 0 Å². The van der Waals surface area contributed by atoms with Crippen molar-refractivity contribution in [1.29, 1.82) is 5.26 Å². The number of hydrogen-bond acceptors (Lipinski definition) is 6. The van der Waals surface area contributed by atoms with Crippen molar-refractivity contribution < 1.29 is 19.0 Å². The van der Waals surface area contributed by atoms with Gasteiger partial charge in [-0.3, -0.25) is 0 Å². The number of amides is 1. The molecule has 0 radical (unpaired) electrons. The van der Waals surface area contributed by atoms with E-state index in [9.17, 15) is 4.79 Å². The molecule has 0 saturated heterocycles. The Morgan fingerprint density at radius 1 is 1.50 bits per heavy atom. The summed E-state index contributed by atoms with van der Waals surface area (Å²) in [4.78, 5) is 11.0. The Kier molecular flexibility index (Phi) is 6.41. The lowest BCUT2D eigenvalue weighted by atomic mass is 10.2. The van der Waals surface area contributed by atoms with Gasteiger partial charge >= 0.3 is 6.09 Å². The molecule has 0 bridgehead atoms. The second kappa shape index (κ2) is 8.37. The summed E-state index contributed by atoms with van der Waals surface area (Å²) in [6.45, 7) is 1.92. The zero-order valence-electron chi connectivity index (χ0n) is 11.3. The molecule has 7 nitrogen and oxygen atoms in total. The Balaban J connectivity index is 2.70. The maximum absolute atomic E-state index is 11.0. The van der Waals surface area contributed by atoms with Gasteiger partial charge in [-0.1, -0.05) is 0 Å². The van der Waals surface area contributed by atoms with Crippen molar-refractivity contribution in [3.8, 4) is 17.6 Å². The average Bonchev–Trinajstić information content (AvgIpc) is 2.46. The third-order valence-electron chi connectivity index (χ3n) is 2.12. The topological polar surface area (TPSA) is 92.9 Å². The van der Waals surface area contributed by atoms with Crippen molar-refractivity contribution in [2.45, 2.75) is 6.92 Å². The highest BCUT2D eigenvalue weighted by molar-refractivity contribution is 5.82. The summed E-state index contributed by atoms with van der Waals surface area (Å²) in [6, 6.07) is 6.91. The molecular weight excluding hydrogens is 262 g/mol. The number of hydrazone groups is 1. The van der Waals surface area contributed by atoms with Gasteiger partial charge in [0.2, 0.25) is 0 Å². The van der Waals surface area contributed by atoms with E-state index in [1.807, 2.05) is 6.07 Å². The Bertz CT molecular complexity index is 523. The van der Waals surface area contributed by atoms with Gasteiger partial charge in [-0.05, 0) is 30.7 Å². The Morgan fingerprint density at radius 2 is 2.30 bits per heavy atom. The molecule has 0 saturated carbocycles. The number of carbonyl (C=O) groups is 1. The fraction of sp³-hybridized carbons (Fsp3) is 0.308. The van der Waals surface area contributed by atoms with Gasteiger partial charge in [-0.2, -0.15) is 10.4 Å². The van der Waals surface area contributed by atoms with Crippen LogP contribution < -0.4 is 14.9 Å². The lowest BCUT2D eigenvalue weighted by molar-refractivity contribution is 0.152. The van der Waals surface area contributed by atoms with Crippen molar-refractivity contribution in [2.24, 2.45) is 5.10 Å². The van der Waals surface area contributed by atoms with E-state index in [1.165, 1.54) is 13.3 Å². The fourth-order valence-electron chi connectivity index (χ4n) is 1.32. The molecule has 7 heteroatoms. The molecule has 1 rings (SSSR count). The Morgan fingerprint density at radius 3 is 2.95 bits per heavy atom. The number of rotatable bonds is 6. The number of nitriles is 1. The highest BCUT2D eigenvalue weighted by Gasteiger charge is 2.04. The summed E-state index contributed by atoms with van der Waals surface area (Å²) >= 11 is 0. The smallest absolute Gasteiger partial charge is 0.427 e. The number of methoxy groups -OCH3 is 1. The zero-order chi connectivity index (χ0) is 14.8. The number of benzene rings is 1. The van der Waals surface area contributed by atoms with Crippen molar-refractivity contribution in [3.05, 3.63) is 23.8 Å². The summed E-state index contributed by atoms with van der Waals surface area (Å²) < 4.78 is 15.0. The highest BCUT2D eigenvalue weighted by Crippen LogP contribution is 2.27. The van der Waals surface area contributed by atoms with E-state index in [0.717, 1.165) is 0 Å². The van der Waals surface area contributed by atoms with Gasteiger partial charge in [0, 0.05) is 0 Å². The van der Waals surface area contributed by atoms with Crippen LogP contribution in [0, 0.1) is 11.3 Å². The number of hydrogen-bond donors (Lipinski definition) is 1. The Hall–Kier alpha value is -2.75. The predicted molar refractivity (Wildman–Crippen MR) is 71.9 cm³/mol. The van der Waals surface area contributed by atoms with Crippen LogP contribution in [0.25, 0.3) is 0 Å². The molecule has 0 fully saturated rings. The maximum Gasteiger partial charge on any atom is 0.427 e. The van der Waals surface area contributed by atoms with E-state index >= 15 is 0 Å². The van der Waals surface area contributed by atoms with Gasteiger partial charge in [0.15, 0.2) is 18.1 Å². The standard InChI is InChI=1S/C13H15N3O4/c1-3-19-13(17)16-15-9-10-4-5-11(20-7-6-14)12(8-10)18-2/h4-5,8-9H,3,7H2,1-2H3,(H,16,17)/b15-9+. The SMILES string of the molecule is CCOC(=O)N/N=C/c1ccc(OCC#N)c(OC)c1. The molecule has 0 heterocycles. The van der Waals surface area contributed by atoms with Crippen LogP contribution in [0.5, 0.6) is 11.5 Å². The quantitative estimate of drug-likeness (QED) is 0.630. The first-order valence-corrected chi connectivity index (χ1v) is 5.84. The molecule has 0 aliphatic heterocycles. The number of nitrogens with one attached hydrogen (secondary N) is 1. The summed E-state index contributed by atoms with van der Waals surface area (Å²) in [6.07, 6.45) is 0.817. The van der Waals surface area contributed by atoms with Crippen LogP contribution in [0.2, 0.25) is 0 Å². The number of ether oxygens (including phenoxy) is 3. The van der Waals surface area contributed by atoms with Crippen molar-refractivity contribution in [2.75, 3.05) is 20.3 Å². The zero-order valence-corrected chi connectivity index (χ0v) is 11.3. The van der Waals surface area contributed by atoms with Crippen LogP contribution in [0.3, 0.4) is 0 Å². The molecule has 1 aromatic rings. The van der Waals surface area contributed by atoms with E-state index in [0.29, 0.717) is 17.1 Å². The average molecular weight is 277 g/mol. The fourth-order valence-corrected chi connectivity index (χ4v) is 1.32. The first kappa shape index (κ1) is 15.3.